The third-order valence-corrected chi connectivity index (χ3v) is 3.02. The molecule has 0 aromatic heterocycles. The SMILES string of the molecule is CCc1c(F)c(O)cc(/C=C/O)c1C(=NC)C(C)C. The number of halogens is 1. The summed E-state index contributed by atoms with van der Waals surface area (Å²) in [6, 6.07) is 1.31. The van der Waals surface area contributed by atoms with Crippen LogP contribution in [0.1, 0.15) is 37.5 Å². The van der Waals surface area contributed by atoms with Gasteiger partial charge >= 0.3 is 0 Å². The number of phenols is 1. The van der Waals surface area contributed by atoms with Crippen LogP contribution in [0.4, 0.5) is 4.39 Å². The van der Waals surface area contributed by atoms with Crippen LogP contribution >= 0.6 is 0 Å². The van der Waals surface area contributed by atoms with Crippen molar-refractivity contribution in [3.63, 3.8) is 0 Å². The fraction of sp³-hybridized carbons (Fsp3) is 0.400. The molecule has 19 heavy (non-hydrogen) atoms. The normalized spacial score (nSPS) is 12.6. The molecule has 4 heteroatoms. The smallest absolute Gasteiger partial charge is 0.168 e. The Balaban J connectivity index is 3.71. The monoisotopic (exact) mass is 265 g/mol. The number of nitrogens with zero attached hydrogens (tertiary/aromatic N) is 1. The van der Waals surface area contributed by atoms with Crippen molar-refractivity contribution in [1.82, 2.24) is 0 Å². The second kappa shape index (κ2) is 6.36. The predicted octanol–water partition coefficient (Wildman–Crippen LogP) is 3.70. The summed E-state index contributed by atoms with van der Waals surface area (Å²) in [6.45, 7) is 5.76. The largest absolute Gasteiger partial charge is 0.516 e. The second-order valence-corrected chi connectivity index (χ2v) is 4.59. The summed E-state index contributed by atoms with van der Waals surface area (Å²) in [5.74, 6) is -0.910. The van der Waals surface area contributed by atoms with Gasteiger partial charge in [0.1, 0.15) is 0 Å². The molecule has 1 aromatic carbocycles. The van der Waals surface area contributed by atoms with E-state index in [1.54, 1.807) is 7.05 Å². The van der Waals surface area contributed by atoms with Crippen molar-refractivity contribution in [1.29, 1.82) is 0 Å². The fourth-order valence-electron chi connectivity index (χ4n) is 2.23. The van der Waals surface area contributed by atoms with Gasteiger partial charge in [-0.3, -0.25) is 4.99 Å². The Morgan fingerprint density at radius 1 is 1.47 bits per heavy atom. The summed E-state index contributed by atoms with van der Waals surface area (Å²) in [5.41, 5.74) is 2.39. The van der Waals surface area contributed by atoms with Gasteiger partial charge in [-0.15, -0.1) is 0 Å². The van der Waals surface area contributed by atoms with E-state index in [1.165, 1.54) is 12.1 Å². The molecule has 0 saturated carbocycles. The van der Waals surface area contributed by atoms with Crippen LogP contribution in [-0.2, 0) is 6.42 Å². The first-order valence-electron chi connectivity index (χ1n) is 6.30. The Morgan fingerprint density at radius 2 is 2.11 bits per heavy atom. The molecule has 0 spiro atoms. The number of rotatable bonds is 4. The minimum atomic E-state index is -0.616. The molecule has 0 aliphatic carbocycles. The Morgan fingerprint density at radius 3 is 2.53 bits per heavy atom. The van der Waals surface area contributed by atoms with Gasteiger partial charge in [-0.25, -0.2) is 4.39 Å². The fourth-order valence-corrected chi connectivity index (χ4v) is 2.23. The number of phenolic OH excluding ortho intramolecular Hbond substituents is 1. The van der Waals surface area contributed by atoms with E-state index in [-0.39, 0.29) is 5.92 Å². The molecule has 0 aliphatic rings. The summed E-state index contributed by atoms with van der Waals surface area (Å²) >= 11 is 0. The highest BCUT2D eigenvalue weighted by Crippen LogP contribution is 2.30. The number of aliphatic hydroxyl groups is 1. The maximum Gasteiger partial charge on any atom is 0.168 e. The topological polar surface area (TPSA) is 52.8 Å². The van der Waals surface area contributed by atoms with Gasteiger partial charge in [0.05, 0.1) is 6.26 Å². The molecule has 0 radical (unpaired) electrons. The standard InChI is InChI=1S/C15H20FNO2/c1-5-11-13(15(17-4)9(2)3)10(6-7-18)8-12(19)14(11)16/h6-9,18-19H,5H2,1-4H3/b7-6+,17-15?. The maximum absolute atomic E-state index is 14.1. The van der Waals surface area contributed by atoms with Crippen LogP contribution in [0, 0.1) is 11.7 Å². The van der Waals surface area contributed by atoms with Gasteiger partial charge in [-0.05, 0) is 30.0 Å². The Labute approximate surface area is 113 Å². The molecule has 0 heterocycles. The van der Waals surface area contributed by atoms with Gasteiger partial charge in [0, 0.05) is 23.9 Å². The molecule has 0 saturated heterocycles. The lowest BCUT2D eigenvalue weighted by molar-refractivity contribution is 0.428. The zero-order chi connectivity index (χ0) is 14.6. The first-order chi connectivity index (χ1) is 8.97. The van der Waals surface area contributed by atoms with E-state index >= 15 is 0 Å². The molecule has 0 fully saturated rings. The number of aliphatic imine (C=N–C) groups is 1. The van der Waals surface area contributed by atoms with Crippen LogP contribution < -0.4 is 0 Å². The molecule has 2 N–H and O–H groups in total. The first-order valence-corrected chi connectivity index (χ1v) is 6.30. The van der Waals surface area contributed by atoms with Crippen molar-refractivity contribution >= 4 is 11.8 Å². The van der Waals surface area contributed by atoms with Crippen molar-refractivity contribution in [2.75, 3.05) is 7.05 Å². The minimum absolute atomic E-state index is 0.116. The molecule has 0 atom stereocenters. The molecular formula is C15H20FNO2. The van der Waals surface area contributed by atoms with E-state index in [9.17, 15) is 9.50 Å². The molecule has 0 bridgehead atoms. The van der Waals surface area contributed by atoms with Crippen molar-refractivity contribution in [2.24, 2.45) is 10.9 Å². The van der Waals surface area contributed by atoms with Gasteiger partial charge < -0.3 is 10.2 Å². The van der Waals surface area contributed by atoms with E-state index in [0.29, 0.717) is 23.1 Å². The van der Waals surface area contributed by atoms with Crippen molar-refractivity contribution in [2.45, 2.75) is 27.2 Å². The Hall–Kier alpha value is -1.84. The highest BCUT2D eigenvalue weighted by Gasteiger charge is 2.21. The molecule has 1 rings (SSSR count). The summed E-state index contributed by atoms with van der Waals surface area (Å²) in [6.07, 6.45) is 2.75. The number of aliphatic hydroxyl groups excluding tert-OH is 1. The molecule has 0 unspecified atom stereocenters. The van der Waals surface area contributed by atoms with Gasteiger partial charge in [0.2, 0.25) is 0 Å². The van der Waals surface area contributed by atoms with Crippen LogP contribution in [0.3, 0.4) is 0 Å². The van der Waals surface area contributed by atoms with Crippen LogP contribution in [0.2, 0.25) is 0 Å². The maximum atomic E-state index is 14.1. The predicted molar refractivity (Wildman–Crippen MR) is 76.4 cm³/mol. The Kier molecular flexibility index (Phi) is 5.10. The highest BCUT2D eigenvalue weighted by molar-refractivity contribution is 6.06. The quantitative estimate of drug-likeness (QED) is 0.644. The second-order valence-electron chi connectivity index (χ2n) is 4.59. The van der Waals surface area contributed by atoms with E-state index in [4.69, 9.17) is 5.11 Å². The minimum Gasteiger partial charge on any atom is -0.516 e. The number of hydrogen-bond acceptors (Lipinski definition) is 3. The third-order valence-electron chi connectivity index (χ3n) is 3.02. The van der Waals surface area contributed by atoms with Crippen LogP contribution in [-0.4, -0.2) is 23.0 Å². The van der Waals surface area contributed by atoms with Crippen molar-refractivity contribution < 1.29 is 14.6 Å². The van der Waals surface area contributed by atoms with E-state index in [0.717, 1.165) is 12.0 Å². The van der Waals surface area contributed by atoms with Crippen LogP contribution in [0.5, 0.6) is 5.75 Å². The Bertz CT molecular complexity index is 519. The highest BCUT2D eigenvalue weighted by atomic mass is 19.1. The van der Waals surface area contributed by atoms with E-state index in [2.05, 4.69) is 4.99 Å². The average molecular weight is 265 g/mol. The van der Waals surface area contributed by atoms with Gasteiger partial charge in [0.25, 0.3) is 0 Å². The number of aromatic hydroxyl groups is 1. The zero-order valence-electron chi connectivity index (χ0n) is 11.7. The zero-order valence-corrected chi connectivity index (χ0v) is 11.7. The molecule has 0 amide bonds. The average Bonchev–Trinajstić information content (AvgIpc) is 2.36. The van der Waals surface area contributed by atoms with Crippen molar-refractivity contribution in [3.8, 4) is 5.75 Å². The molecule has 0 aliphatic heterocycles. The van der Waals surface area contributed by atoms with E-state index in [1.807, 2.05) is 20.8 Å². The summed E-state index contributed by atoms with van der Waals surface area (Å²) in [7, 11) is 1.66. The van der Waals surface area contributed by atoms with E-state index < -0.39 is 11.6 Å². The molecule has 3 nitrogen and oxygen atoms in total. The van der Waals surface area contributed by atoms with Crippen LogP contribution in [0.15, 0.2) is 17.3 Å². The van der Waals surface area contributed by atoms with Gasteiger partial charge in [-0.2, -0.15) is 0 Å². The lowest BCUT2D eigenvalue weighted by Crippen LogP contribution is -2.15. The van der Waals surface area contributed by atoms with Gasteiger partial charge in [0.15, 0.2) is 11.6 Å². The third kappa shape index (κ3) is 2.95. The van der Waals surface area contributed by atoms with Crippen molar-refractivity contribution in [3.05, 3.63) is 34.8 Å². The summed E-state index contributed by atoms with van der Waals surface area (Å²) in [5, 5.41) is 18.6. The number of hydrogen-bond donors (Lipinski definition) is 2. The first kappa shape index (κ1) is 15.2. The summed E-state index contributed by atoms with van der Waals surface area (Å²) in [4.78, 5) is 4.23. The lowest BCUT2D eigenvalue weighted by Gasteiger charge is -2.18. The molecule has 1 aromatic rings. The van der Waals surface area contributed by atoms with Crippen LogP contribution in [0.25, 0.3) is 6.08 Å². The summed E-state index contributed by atoms with van der Waals surface area (Å²) < 4.78 is 14.1. The number of benzene rings is 1. The van der Waals surface area contributed by atoms with Gasteiger partial charge in [-0.1, -0.05) is 20.8 Å². The lowest BCUT2D eigenvalue weighted by atomic mass is 9.89. The molecular weight excluding hydrogens is 245 g/mol. The molecule has 104 valence electrons.